The highest BCUT2D eigenvalue weighted by molar-refractivity contribution is 4.79. The van der Waals surface area contributed by atoms with Crippen molar-refractivity contribution in [1.82, 2.24) is 0 Å². The van der Waals surface area contributed by atoms with E-state index < -0.39 is 0 Å². The molecule has 0 spiro atoms. The first-order valence-electron chi connectivity index (χ1n) is 5.25. The summed E-state index contributed by atoms with van der Waals surface area (Å²) in [6.45, 7) is 4.22. The minimum absolute atomic E-state index is 0.257. The summed E-state index contributed by atoms with van der Waals surface area (Å²) in [4.78, 5) is 0. The van der Waals surface area contributed by atoms with Crippen LogP contribution in [-0.2, 0) is 4.74 Å². The molecular formula is C10H21NO2. The van der Waals surface area contributed by atoms with Crippen molar-refractivity contribution < 1.29 is 9.84 Å². The van der Waals surface area contributed by atoms with Gasteiger partial charge in [-0.1, -0.05) is 13.3 Å². The monoisotopic (exact) mass is 187 g/mol. The van der Waals surface area contributed by atoms with Crippen molar-refractivity contribution in [1.29, 1.82) is 0 Å². The summed E-state index contributed by atoms with van der Waals surface area (Å²) in [7, 11) is 0. The fraction of sp³-hybridized carbons (Fsp3) is 1.00. The number of hydrogen-bond donors (Lipinski definition) is 2. The highest BCUT2D eigenvalue weighted by atomic mass is 16.5. The minimum Gasteiger partial charge on any atom is -0.392 e. The lowest BCUT2D eigenvalue weighted by molar-refractivity contribution is 0.0424. The molecule has 0 amide bonds. The Morgan fingerprint density at radius 1 is 1.62 bits per heavy atom. The second-order valence-electron chi connectivity index (χ2n) is 3.90. The molecule has 78 valence electrons. The van der Waals surface area contributed by atoms with Crippen molar-refractivity contribution >= 4 is 0 Å². The fourth-order valence-corrected chi connectivity index (χ4v) is 2.01. The molecule has 3 N–H and O–H groups in total. The van der Waals surface area contributed by atoms with Crippen molar-refractivity contribution in [3.8, 4) is 0 Å². The minimum atomic E-state index is -0.257. The van der Waals surface area contributed by atoms with E-state index in [1.54, 1.807) is 0 Å². The van der Waals surface area contributed by atoms with E-state index in [4.69, 9.17) is 10.5 Å². The number of aliphatic hydroxyl groups is 1. The molecule has 0 aromatic rings. The molecule has 1 aliphatic heterocycles. The molecule has 3 nitrogen and oxygen atoms in total. The molecule has 1 rings (SSSR count). The molecule has 3 unspecified atom stereocenters. The topological polar surface area (TPSA) is 55.5 Å². The first-order valence-corrected chi connectivity index (χ1v) is 5.25. The van der Waals surface area contributed by atoms with Crippen LogP contribution < -0.4 is 5.73 Å². The lowest BCUT2D eigenvalue weighted by atomic mass is 9.87. The van der Waals surface area contributed by atoms with Crippen LogP contribution in [0.4, 0.5) is 0 Å². The Kier molecular flexibility index (Phi) is 4.70. The van der Waals surface area contributed by atoms with Crippen molar-refractivity contribution in [2.75, 3.05) is 19.8 Å². The molecule has 0 aromatic heterocycles. The predicted octanol–water partition coefficient (Wildman–Crippen LogP) is 0.759. The lowest BCUT2D eigenvalue weighted by Crippen LogP contribution is -2.34. The number of hydrogen-bond acceptors (Lipinski definition) is 3. The standard InChI is InChI=1S/C10H21NO2/c1-2-3-8(6-11)10(12)9-4-5-13-7-9/h8-10,12H,2-7,11H2,1H3. The SMILES string of the molecule is CCCC(CN)C(O)C1CCOC1. The molecule has 3 atom stereocenters. The zero-order valence-electron chi connectivity index (χ0n) is 8.41. The lowest BCUT2D eigenvalue weighted by Gasteiger charge is -2.25. The van der Waals surface area contributed by atoms with E-state index in [1.165, 1.54) is 0 Å². The smallest absolute Gasteiger partial charge is 0.0631 e. The van der Waals surface area contributed by atoms with Crippen molar-refractivity contribution in [2.45, 2.75) is 32.3 Å². The molecule has 1 heterocycles. The molecule has 0 saturated carbocycles. The van der Waals surface area contributed by atoms with Gasteiger partial charge in [0.25, 0.3) is 0 Å². The van der Waals surface area contributed by atoms with Crippen LogP contribution >= 0.6 is 0 Å². The van der Waals surface area contributed by atoms with Gasteiger partial charge in [-0.2, -0.15) is 0 Å². The third-order valence-corrected chi connectivity index (χ3v) is 2.89. The van der Waals surface area contributed by atoms with Crippen molar-refractivity contribution in [3.63, 3.8) is 0 Å². The van der Waals surface area contributed by atoms with Gasteiger partial charge >= 0.3 is 0 Å². The third-order valence-electron chi connectivity index (χ3n) is 2.89. The van der Waals surface area contributed by atoms with Crippen LogP contribution in [0.3, 0.4) is 0 Å². The molecule has 0 aliphatic carbocycles. The maximum Gasteiger partial charge on any atom is 0.0631 e. The maximum atomic E-state index is 9.98. The van der Waals surface area contributed by atoms with Gasteiger partial charge in [0.2, 0.25) is 0 Å². The first kappa shape index (κ1) is 11.0. The van der Waals surface area contributed by atoms with E-state index >= 15 is 0 Å². The molecule has 3 heteroatoms. The van der Waals surface area contributed by atoms with Gasteiger partial charge in [-0.05, 0) is 25.3 Å². The van der Waals surface area contributed by atoms with Crippen LogP contribution in [0.5, 0.6) is 0 Å². The Balaban J connectivity index is 2.37. The third kappa shape index (κ3) is 2.93. The Bertz CT molecular complexity index is 135. The molecule has 1 fully saturated rings. The van der Waals surface area contributed by atoms with Crippen LogP contribution in [0.2, 0.25) is 0 Å². The van der Waals surface area contributed by atoms with E-state index in [-0.39, 0.29) is 12.0 Å². The molecule has 0 bridgehead atoms. The van der Waals surface area contributed by atoms with Crippen LogP contribution in [0.15, 0.2) is 0 Å². The zero-order valence-corrected chi connectivity index (χ0v) is 8.41. The van der Waals surface area contributed by atoms with Crippen LogP contribution in [0.1, 0.15) is 26.2 Å². The average molecular weight is 187 g/mol. The Morgan fingerprint density at radius 2 is 2.38 bits per heavy atom. The zero-order chi connectivity index (χ0) is 9.68. The largest absolute Gasteiger partial charge is 0.392 e. The van der Waals surface area contributed by atoms with Gasteiger partial charge in [0, 0.05) is 12.5 Å². The highest BCUT2D eigenvalue weighted by Gasteiger charge is 2.29. The summed E-state index contributed by atoms with van der Waals surface area (Å²) in [5.41, 5.74) is 5.63. The molecular weight excluding hydrogens is 166 g/mol. The summed E-state index contributed by atoms with van der Waals surface area (Å²) in [6.07, 6.45) is 2.84. The number of rotatable bonds is 5. The predicted molar refractivity (Wildman–Crippen MR) is 52.4 cm³/mol. The molecule has 0 aromatic carbocycles. The maximum absolute atomic E-state index is 9.98. The van der Waals surface area contributed by atoms with Gasteiger partial charge in [0.1, 0.15) is 0 Å². The van der Waals surface area contributed by atoms with E-state index in [2.05, 4.69) is 6.92 Å². The summed E-state index contributed by atoms with van der Waals surface area (Å²) in [5.74, 6) is 0.580. The second-order valence-corrected chi connectivity index (χ2v) is 3.90. The van der Waals surface area contributed by atoms with Gasteiger partial charge in [-0.15, -0.1) is 0 Å². The van der Waals surface area contributed by atoms with Crippen molar-refractivity contribution in [2.24, 2.45) is 17.6 Å². The van der Waals surface area contributed by atoms with Crippen LogP contribution in [0.25, 0.3) is 0 Å². The van der Waals surface area contributed by atoms with Gasteiger partial charge in [0.05, 0.1) is 12.7 Å². The Morgan fingerprint density at radius 3 is 2.85 bits per heavy atom. The molecule has 0 radical (unpaired) electrons. The number of ether oxygens (including phenoxy) is 1. The van der Waals surface area contributed by atoms with Gasteiger partial charge < -0.3 is 15.6 Å². The van der Waals surface area contributed by atoms with E-state index in [0.717, 1.165) is 25.9 Å². The van der Waals surface area contributed by atoms with E-state index in [9.17, 15) is 5.11 Å². The van der Waals surface area contributed by atoms with Crippen LogP contribution in [-0.4, -0.2) is 31.0 Å². The normalized spacial score (nSPS) is 27.5. The van der Waals surface area contributed by atoms with E-state index in [0.29, 0.717) is 19.1 Å². The highest BCUT2D eigenvalue weighted by Crippen LogP contribution is 2.24. The first-order chi connectivity index (χ1) is 6.29. The Labute approximate surface area is 80.3 Å². The van der Waals surface area contributed by atoms with Gasteiger partial charge in [-0.3, -0.25) is 0 Å². The number of nitrogens with two attached hydrogens (primary N) is 1. The summed E-state index contributed by atoms with van der Waals surface area (Å²) in [6, 6.07) is 0. The molecule has 1 aliphatic rings. The summed E-state index contributed by atoms with van der Waals surface area (Å²) < 4.78 is 5.25. The van der Waals surface area contributed by atoms with Crippen LogP contribution in [0, 0.1) is 11.8 Å². The second kappa shape index (κ2) is 5.58. The Hall–Kier alpha value is -0.120. The fourth-order valence-electron chi connectivity index (χ4n) is 2.01. The quantitative estimate of drug-likeness (QED) is 0.668. The summed E-state index contributed by atoms with van der Waals surface area (Å²) >= 11 is 0. The molecule has 1 saturated heterocycles. The van der Waals surface area contributed by atoms with Gasteiger partial charge in [-0.25, -0.2) is 0 Å². The average Bonchev–Trinajstić information content (AvgIpc) is 2.65. The summed E-state index contributed by atoms with van der Waals surface area (Å²) in [5, 5.41) is 9.98. The van der Waals surface area contributed by atoms with E-state index in [1.807, 2.05) is 0 Å². The number of aliphatic hydroxyl groups excluding tert-OH is 1. The van der Waals surface area contributed by atoms with Crippen molar-refractivity contribution in [3.05, 3.63) is 0 Å². The van der Waals surface area contributed by atoms with Gasteiger partial charge in [0.15, 0.2) is 0 Å². The molecule has 13 heavy (non-hydrogen) atoms.